The number of carbonyl (C=O) groups excluding carboxylic acids is 1. The summed E-state index contributed by atoms with van der Waals surface area (Å²) in [6.45, 7) is 10.5. The quantitative estimate of drug-likeness (QED) is 0.388. The van der Waals surface area contributed by atoms with Crippen LogP contribution in [-0.2, 0) is 9.59 Å². The smallest absolute Gasteiger partial charge is 0.307 e. The molecule has 2 heterocycles. The van der Waals surface area contributed by atoms with Crippen LogP contribution in [0.3, 0.4) is 0 Å². The molecule has 6 nitrogen and oxygen atoms in total. The summed E-state index contributed by atoms with van der Waals surface area (Å²) in [7, 11) is 0. The fraction of sp³-hybridized carbons (Fsp3) is 0.810. The predicted molar refractivity (Wildman–Crippen MR) is 117 cm³/mol. The van der Waals surface area contributed by atoms with Crippen molar-refractivity contribution in [3.63, 3.8) is 0 Å². The van der Waals surface area contributed by atoms with Gasteiger partial charge in [-0.3, -0.25) is 9.59 Å². The number of nitrogens with one attached hydrogen (secondary N) is 3. The van der Waals surface area contributed by atoms with Crippen LogP contribution in [0.25, 0.3) is 0 Å². The van der Waals surface area contributed by atoms with E-state index in [0.29, 0.717) is 36.7 Å². The molecule has 2 aliphatic heterocycles. The van der Waals surface area contributed by atoms with Crippen molar-refractivity contribution >= 4 is 23.6 Å². The van der Waals surface area contributed by atoms with Crippen LogP contribution in [0.15, 0.2) is 12.4 Å². The number of amides is 1. The number of hydrogen-bond donors (Lipinski definition) is 4. The molecule has 7 heteroatoms. The summed E-state index contributed by atoms with van der Waals surface area (Å²) >= 11 is 2.01. The third-order valence-electron chi connectivity index (χ3n) is 5.75. The van der Waals surface area contributed by atoms with Gasteiger partial charge in [-0.05, 0) is 31.1 Å². The average molecular weight is 414 g/mol. The Bertz CT molecular complexity index is 568. The van der Waals surface area contributed by atoms with Gasteiger partial charge in [-0.2, -0.15) is 11.8 Å². The van der Waals surface area contributed by atoms with Gasteiger partial charge in [0.2, 0.25) is 5.91 Å². The van der Waals surface area contributed by atoms with Crippen LogP contribution in [0.1, 0.15) is 67.1 Å². The van der Waals surface area contributed by atoms with Crippen molar-refractivity contribution in [2.45, 2.75) is 83.1 Å². The normalized spacial score (nSPS) is 25.0. The highest BCUT2D eigenvalue weighted by Crippen LogP contribution is 2.34. The van der Waals surface area contributed by atoms with Gasteiger partial charge in [0, 0.05) is 25.4 Å². The molecule has 2 saturated heterocycles. The fourth-order valence-electron chi connectivity index (χ4n) is 4.10. The highest BCUT2D eigenvalue weighted by atomic mass is 32.2. The molecule has 28 heavy (non-hydrogen) atoms. The lowest BCUT2D eigenvalue weighted by Gasteiger charge is -2.26. The van der Waals surface area contributed by atoms with E-state index < -0.39 is 5.97 Å². The molecule has 0 bridgehead atoms. The van der Waals surface area contributed by atoms with E-state index in [4.69, 9.17) is 0 Å². The molecule has 2 fully saturated rings. The van der Waals surface area contributed by atoms with E-state index in [-0.39, 0.29) is 18.7 Å². The van der Waals surface area contributed by atoms with E-state index in [2.05, 4.69) is 22.5 Å². The number of thioether (sulfide) groups is 1. The molecule has 2 rings (SSSR count). The number of unbranched alkanes of at least 4 members (excludes halogenated alkanes) is 2. The molecule has 4 unspecified atom stereocenters. The van der Waals surface area contributed by atoms with Gasteiger partial charge in [0.15, 0.2) is 0 Å². The van der Waals surface area contributed by atoms with Crippen molar-refractivity contribution in [3.8, 4) is 0 Å². The number of rotatable bonds is 11. The zero-order chi connectivity index (χ0) is 20.7. The van der Waals surface area contributed by atoms with Crippen LogP contribution in [0.2, 0.25) is 0 Å². The summed E-state index contributed by atoms with van der Waals surface area (Å²) in [5.74, 6) is 1.11. The number of hydrogen-bond acceptors (Lipinski definition) is 5. The number of carbonyl (C=O) groups is 2. The Morgan fingerprint density at radius 2 is 2.04 bits per heavy atom. The van der Waals surface area contributed by atoms with Crippen molar-refractivity contribution < 1.29 is 16.1 Å². The topological polar surface area (TPSA) is 90.5 Å². The van der Waals surface area contributed by atoms with Gasteiger partial charge in [-0.15, -0.1) is 0 Å². The SMILES string of the molecule is C=C1NC2CSC(CCCCC(=O)NCCCCC(C(=O)O)C(C)(C)C)C2N1.[HH]. The van der Waals surface area contributed by atoms with Crippen molar-refractivity contribution in [3.05, 3.63) is 12.4 Å². The molecule has 0 saturated carbocycles. The van der Waals surface area contributed by atoms with Crippen LogP contribution in [0.4, 0.5) is 0 Å². The minimum absolute atomic E-state index is 0. The van der Waals surface area contributed by atoms with Crippen molar-refractivity contribution in [1.29, 1.82) is 0 Å². The Labute approximate surface area is 175 Å². The number of fused-ring (bicyclic) bond motifs is 1. The van der Waals surface area contributed by atoms with E-state index in [1.807, 2.05) is 32.5 Å². The Morgan fingerprint density at radius 3 is 2.71 bits per heavy atom. The lowest BCUT2D eigenvalue weighted by atomic mass is 9.78. The third kappa shape index (κ3) is 6.90. The van der Waals surface area contributed by atoms with E-state index in [9.17, 15) is 14.7 Å². The second kappa shape index (κ2) is 10.4. The second-order valence-corrected chi connectivity index (χ2v) is 10.4. The van der Waals surface area contributed by atoms with E-state index in [0.717, 1.165) is 43.7 Å². The zero-order valence-corrected chi connectivity index (χ0v) is 18.4. The van der Waals surface area contributed by atoms with Crippen LogP contribution in [-0.4, -0.2) is 46.6 Å². The Kier molecular flexibility index (Phi) is 8.53. The largest absolute Gasteiger partial charge is 0.481 e. The van der Waals surface area contributed by atoms with Crippen molar-refractivity contribution in [1.82, 2.24) is 16.0 Å². The first-order valence-corrected chi connectivity index (χ1v) is 11.6. The first-order valence-electron chi connectivity index (χ1n) is 10.5. The molecule has 0 aromatic heterocycles. The molecule has 0 aliphatic carbocycles. The van der Waals surface area contributed by atoms with Gasteiger partial charge in [0.1, 0.15) is 0 Å². The Balaban J connectivity index is 0.00000420. The van der Waals surface area contributed by atoms with Gasteiger partial charge in [0.25, 0.3) is 0 Å². The molecular formula is C21H39N3O3S. The Morgan fingerprint density at radius 1 is 1.29 bits per heavy atom. The standard InChI is InChI=1S/C21H37N3O3S.H2/c1-14-23-16-13-28-17(19(16)24-14)10-5-6-11-18(25)22-12-8-7-9-15(20(26)27)21(2,3)4;/h15-17,19,23-24H,1,5-13H2,2-4H3,(H,22,25)(H,26,27);1H. The van der Waals surface area contributed by atoms with Gasteiger partial charge in [-0.1, -0.05) is 40.2 Å². The van der Waals surface area contributed by atoms with Crippen molar-refractivity contribution in [2.75, 3.05) is 12.3 Å². The van der Waals surface area contributed by atoms with Crippen LogP contribution >= 0.6 is 11.8 Å². The number of aliphatic carboxylic acids is 1. The van der Waals surface area contributed by atoms with Crippen LogP contribution < -0.4 is 16.0 Å². The molecule has 0 aromatic carbocycles. The van der Waals surface area contributed by atoms with E-state index >= 15 is 0 Å². The Hall–Kier alpha value is -1.37. The van der Waals surface area contributed by atoms with Crippen molar-refractivity contribution in [2.24, 2.45) is 11.3 Å². The highest BCUT2D eigenvalue weighted by Gasteiger charge is 2.40. The molecule has 1 amide bonds. The zero-order valence-electron chi connectivity index (χ0n) is 17.6. The summed E-state index contributed by atoms with van der Waals surface area (Å²) < 4.78 is 0. The fourth-order valence-corrected chi connectivity index (χ4v) is 5.64. The average Bonchev–Trinajstić information content (AvgIpc) is 3.12. The summed E-state index contributed by atoms with van der Waals surface area (Å²) in [6.07, 6.45) is 5.99. The monoisotopic (exact) mass is 413 g/mol. The van der Waals surface area contributed by atoms with Gasteiger partial charge < -0.3 is 21.1 Å². The van der Waals surface area contributed by atoms with Crippen LogP contribution in [0.5, 0.6) is 0 Å². The van der Waals surface area contributed by atoms with E-state index in [1.165, 1.54) is 0 Å². The van der Waals surface area contributed by atoms with Crippen LogP contribution in [0, 0.1) is 11.3 Å². The molecule has 2 aliphatic rings. The number of carboxylic acids is 1. The lowest BCUT2D eigenvalue weighted by molar-refractivity contribution is -0.145. The van der Waals surface area contributed by atoms with E-state index in [1.54, 1.807) is 0 Å². The lowest BCUT2D eigenvalue weighted by Crippen LogP contribution is -2.36. The van der Waals surface area contributed by atoms with Gasteiger partial charge in [-0.25, -0.2) is 0 Å². The molecule has 0 radical (unpaired) electrons. The first-order chi connectivity index (χ1) is 13.2. The molecule has 162 valence electrons. The summed E-state index contributed by atoms with van der Waals surface area (Å²) in [5.41, 5.74) is -0.232. The highest BCUT2D eigenvalue weighted by molar-refractivity contribution is 8.00. The third-order valence-corrected chi connectivity index (χ3v) is 7.26. The molecule has 4 N–H and O–H groups in total. The predicted octanol–water partition coefficient (Wildman–Crippen LogP) is 3.34. The summed E-state index contributed by atoms with van der Waals surface area (Å²) in [4.78, 5) is 23.3. The second-order valence-electron chi connectivity index (χ2n) is 9.12. The molecule has 4 atom stereocenters. The molecular weight excluding hydrogens is 374 g/mol. The first kappa shape index (κ1) is 22.9. The minimum atomic E-state index is -0.726. The minimum Gasteiger partial charge on any atom is -0.481 e. The maximum Gasteiger partial charge on any atom is 0.307 e. The number of carboxylic acid groups (broad SMARTS) is 1. The summed E-state index contributed by atoms with van der Waals surface area (Å²) in [5, 5.41) is 19.7. The van der Waals surface area contributed by atoms with Gasteiger partial charge >= 0.3 is 5.97 Å². The molecule has 0 aromatic rings. The summed E-state index contributed by atoms with van der Waals surface area (Å²) in [6, 6.07) is 0.985. The molecule has 0 spiro atoms. The maximum atomic E-state index is 12.0. The van der Waals surface area contributed by atoms with Gasteiger partial charge in [0.05, 0.1) is 23.8 Å². The maximum absolute atomic E-state index is 12.0.